The van der Waals surface area contributed by atoms with E-state index in [0.717, 1.165) is 0 Å². The second-order valence-electron chi connectivity index (χ2n) is 4.58. The van der Waals surface area contributed by atoms with E-state index >= 15 is 0 Å². The minimum Gasteiger partial charge on any atom is -0.481 e. The number of aliphatic carboxylic acids is 1. The van der Waals surface area contributed by atoms with E-state index in [2.05, 4.69) is 5.32 Å². The van der Waals surface area contributed by atoms with Crippen LogP contribution in [0.3, 0.4) is 0 Å². The molecule has 0 bridgehead atoms. The summed E-state index contributed by atoms with van der Waals surface area (Å²) in [6, 6.07) is 0. The summed E-state index contributed by atoms with van der Waals surface area (Å²) >= 11 is 0. The molecule has 1 saturated heterocycles. The third-order valence-corrected chi connectivity index (χ3v) is 2.97. The maximum Gasteiger partial charge on any atom is 0.401 e. The lowest BCUT2D eigenvalue weighted by Gasteiger charge is -2.34. The van der Waals surface area contributed by atoms with Gasteiger partial charge in [0.05, 0.1) is 19.5 Å². The molecule has 0 unspecified atom stereocenters. The number of halogens is 3. The third kappa shape index (κ3) is 6.71. The zero-order chi connectivity index (χ0) is 15.2. The number of rotatable bonds is 6. The van der Waals surface area contributed by atoms with Crippen LogP contribution < -0.4 is 5.32 Å². The molecule has 9 heteroatoms. The van der Waals surface area contributed by atoms with Crippen LogP contribution in [0.4, 0.5) is 13.2 Å². The van der Waals surface area contributed by atoms with Gasteiger partial charge in [-0.15, -0.1) is 0 Å². The quantitative estimate of drug-likeness (QED) is 0.708. The Hall–Kier alpha value is -1.35. The van der Waals surface area contributed by atoms with E-state index in [0.29, 0.717) is 32.7 Å². The predicted molar refractivity (Wildman–Crippen MR) is 64.2 cm³/mol. The summed E-state index contributed by atoms with van der Waals surface area (Å²) in [4.78, 5) is 25.5. The van der Waals surface area contributed by atoms with Gasteiger partial charge in [0, 0.05) is 32.7 Å². The molecular formula is C11H18F3N3O3. The van der Waals surface area contributed by atoms with Crippen molar-refractivity contribution in [2.45, 2.75) is 12.6 Å². The van der Waals surface area contributed by atoms with Gasteiger partial charge in [-0.05, 0) is 0 Å². The van der Waals surface area contributed by atoms with Crippen LogP contribution in [0.2, 0.25) is 0 Å². The smallest absolute Gasteiger partial charge is 0.401 e. The Morgan fingerprint density at radius 3 is 2.25 bits per heavy atom. The van der Waals surface area contributed by atoms with Gasteiger partial charge in [0.2, 0.25) is 5.91 Å². The number of carbonyl (C=O) groups excluding carboxylic acids is 1. The van der Waals surface area contributed by atoms with Crippen LogP contribution in [-0.2, 0) is 9.59 Å². The number of hydrogen-bond acceptors (Lipinski definition) is 4. The Morgan fingerprint density at radius 2 is 1.75 bits per heavy atom. The number of alkyl halides is 3. The first-order valence-corrected chi connectivity index (χ1v) is 6.27. The molecule has 0 aromatic carbocycles. The zero-order valence-corrected chi connectivity index (χ0v) is 10.9. The van der Waals surface area contributed by atoms with E-state index in [1.54, 1.807) is 0 Å². The molecule has 1 heterocycles. The van der Waals surface area contributed by atoms with Crippen LogP contribution in [0.1, 0.15) is 6.42 Å². The predicted octanol–water partition coefficient (Wildman–Crippen LogP) is -0.243. The van der Waals surface area contributed by atoms with E-state index < -0.39 is 18.7 Å². The standard InChI is InChI=1S/C11H18F3N3O3/c12-11(13,14)8-15-7-9(18)17-5-3-16(4-6-17)2-1-10(19)20/h15H,1-8H2,(H,19,20). The van der Waals surface area contributed by atoms with Gasteiger partial charge in [0.15, 0.2) is 0 Å². The van der Waals surface area contributed by atoms with Crippen molar-refractivity contribution in [1.82, 2.24) is 15.1 Å². The van der Waals surface area contributed by atoms with Crippen molar-refractivity contribution < 1.29 is 27.9 Å². The van der Waals surface area contributed by atoms with Crippen LogP contribution in [-0.4, -0.2) is 78.8 Å². The normalized spacial score (nSPS) is 17.2. The third-order valence-electron chi connectivity index (χ3n) is 2.97. The second kappa shape index (κ2) is 7.44. The number of piperazine rings is 1. The van der Waals surface area contributed by atoms with E-state index in [-0.39, 0.29) is 18.9 Å². The fourth-order valence-electron chi connectivity index (χ4n) is 1.90. The van der Waals surface area contributed by atoms with E-state index in [4.69, 9.17) is 5.11 Å². The van der Waals surface area contributed by atoms with Crippen molar-refractivity contribution in [3.05, 3.63) is 0 Å². The molecular weight excluding hydrogens is 279 g/mol. The number of amides is 1. The van der Waals surface area contributed by atoms with Gasteiger partial charge in [0.25, 0.3) is 0 Å². The van der Waals surface area contributed by atoms with Crippen molar-refractivity contribution >= 4 is 11.9 Å². The maximum absolute atomic E-state index is 11.9. The molecule has 6 nitrogen and oxygen atoms in total. The second-order valence-corrected chi connectivity index (χ2v) is 4.58. The number of hydrogen-bond donors (Lipinski definition) is 2. The number of nitrogens with one attached hydrogen (secondary N) is 1. The molecule has 0 aliphatic carbocycles. The molecule has 1 rings (SSSR count). The monoisotopic (exact) mass is 297 g/mol. The van der Waals surface area contributed by atoms with Crippen LogP contribution in [0.5, 0.6) is 0 Å². The lowest BCUT2D eigenvalue weighted by atomic mass is 10.3. The zero-order valence-electron chi connectivity index (χ0n) is 10.9. The van der Waals surface area contributed by atoms with E-state index in [1.165, 1.54) is 4.90 Å². The first-order valence-electron chi connectivity index (χ1n) is 6.27. The average Bonchev–Trinajstić information content (AvgIpc) is 2.35. The maximum atomic E-state index is 11.9. The van der Waals surface area contributed by atoms with Gasteiger partial charge in [0.1, 0.15) is 0 Å². The minimum atomic E-state index is -4.32. The van der Waals surface area contributed by atoms with Crippen LogP contribution in [0.15, 0.2) is 0 Å². The fourth-order valence-corrected chi connectivity index (χ4v) is 1.90. The van der Waals surface area contributed by atoms with Crippen LogP contribution in [0.25, 0.3) is 0 Å². The summed E-state index contributed by atoms with van der Waals surface area (Å²) < 4.78 is 35.7. The van der Waals surface area contributed by atoms with Crippen molar-refractivity contribution in [1.29, 1.82) is 0 Å². The highest BCUT2D eigenvalue weighted by atomic mass is 19.4. The molecule has 0 aromatic rings. The van der Waals surface area contributed by atoms with Crippen molar-refractivity contribution in [3.8, 4) is 0 Å². The topological polar surface area (TPSA) is 72.9 Å². The van der Waals surface area contributed by atoms with Gasteiger partial charge in [-0.3, -0.25) is 14.5 Å². The molecule has 116 valence electrons. The molecule has 0 aromatic heterocycles. The SMILES string of the molecule is O=C(O)CCN1CCN(C(=O)CNCC(F)(F)F)CC1. The molecule has 20 heavy (non-hydrogen) atoms. The van der Waals surface area contributed by atoms with Gasteiger partial charge in [-0.1, -0.05) is 0 Å². The molecule has 2 N–H and O–H groups in total. The van der Waals surface area contributed by atoms with E-state index in [9.17, 15) is 22.8 Å². The lowest BCUT2D eigenvalue weighted by molar-refractivity contribution is -0.139. The summed E-state index contributed by atoms with van der Waals surface area (Å²) in [7, 11) is 0. The van der Waals surface area contributed by atoms with Crippen molar-refractivity contribution in [2.75, 3.05) is 45.8 Å². The largest absolute Gasteiger partial charge is 0.481 e. The molecule has 0 radical (unpaired) electrons. The summed E-state index contributed by atoms with van der Waals surface area (Å²) in [6.45, 7) is 0.796. The average molecular weight is 297 g/mol. The Balaban J connectivity index is 2.20. The first-order chi connectivity index (χ1) is 9.28. The molecule has 0 spiro atoms. The van der Waals surface area contributed by atoms with Gasteiger partial charge >= 0.3 is 12.1 Å². The van der Waals surface area contributed by atoms with Gasteiger partial charge in [-0.2, -0.15) is 13.2 Å². The highest BCUT2D eigenvalue weighted by molar-refractivity contribution is 5.78. The Labute approximate surface area is 114 Å². The highest BCUT2D eigenvalue weighted by Crippen LogP contribution is 2.12. The molecule has 1 aliphatic heterocycles. The molecule has 1 aliphatic rings. The number of carboxylic acids is 1. The molecule has 0 atom stereocenters. The number of carboxylic acid groups (broad SMARTS) is 1. The number of carbonyl (C=O) groups is 2. The first kappa shape index (κ1) is 16.7. The molecule has 1 fully saturated rings. The van der Waals surface area contributed by atoms with E-state index in [1.807, 2.05) is 4.90 Å². The highest BCUT2D eigenvalue weighted by Gasteiger charge is 2.27. The molecule has 0 saturated carbocycles. The Bertz CT molecular complexity index is 342. The number of nitrogens with zero attached hydrogens (tertiary/aromatic N) is 2. The van der Waals surface area contributed by atoms with Gasteiger partial charge in [-0.25, -0.2) is 0 Å². The van der Waals surface area contributed by atoms with Crippen LogP contribution >= 0.6 is 0 Å². The minimum absolute atomic E-state index is 0.0427. The van der Waals surface area contributed by atoms with Crippen LogP contribution in [0, 0.1) is 0 Å². The fraction of sp³-hybridized carbons (Fsp3) is 0.818. The van der Waals surface area contributed by atoms with Crippen molar-refractivity contribution in [3.63, 3.8) is 0 Å². The summed E-state index contributed by atoms with van der Waals surface area (Å²) in [5.41, 5.74) is 0. The Morgan fingerprint density at radius 1 is 1.15 bits per heavy atom. The summed E-state index contributed by atoms with van der Waals surface area (Å²) in [5, 5.41) is 10.6. The summed E-state index contributed by atoms with van der Waals surface area (Å²) in [6.07, 6.45) is -4.28. The molecule has 1 amide bonds. The van der Waals surface area contributed by atoms with Gasteiger partial charge < -0.3 is 15.3 Å². The lowest BCUT2D eigenvalue weighted by Crippen LogP contribution is -2.51. The summed E-state index contributed by atoms with van der Waals surface area (Å²) in [5.74, 6) is -1.24. The Kier molecular flexibility index (Phi) is 6.21. The van der Waals surface area contributed by atoms with Crippen molar-refractivity contribution in [2.24, 2.45) is 0 Å².